The Balaban J connectivity index is 1.54. The van der Waals surface area contributed by atoms with Crippen LogP contribution in [0.4, 0.5) is 5.82 Å². The van der Waals surface area contributed by atoms with Crippen molar-refractivity contribution >= 4 is 29.4 Å². The lowest BCUT2D eigenvalue weighted by atomic mass is 9.89. The van der Waals surface area contributed by atoms with Gasteiger partial charge in [-0.15, -0.1) is 11.8 Å². The highest BCUT2D eigenvalue weighted by Crippen LogP contribution is 2.24. The largest absolute Gasteiger partial charge is 0.355 e. The van der Waals surface area contributed by atoms with E-state index >= 15 is 0 Å². The highest BCUT2D eigenvalue weighted by Gasteiger charge is 2.16. The second-order valence-electron chi connectivity index (χ2n) is 7.27. The Morgan fingerprint density at radius 2 is 1.93 bits per heavy atom. The number of anilines is 1. The van der Waals surface area contributed by atoms with Gasteiger partial charge in [0.05, 0.1) is 11.3 Å². The number of hydrogen-bond acceptors (Lipinski definition) is 4. The van der Waals surface area contributed by atoms with E-state index in [1.165, 1.54) is 43.9 Å². The van der Waals surface area contributed by atoms with Gasteiger partial charge in [0, 0.05) is 17.6 Å². The summed E-state index contributed by atoms with van der Waals surface area (Å²) in [6, 6.07) is 11.1. The Kier molecular flexibility index (Phi) is 7.48. The van der Waals surface area contributed by atoms with Gasteiger partial charge in [0.2, 0.25) is 5.91 Å². The number of carbonyl (C=O) groups excluding carboxylic acids is 2. The molecule has 0 atom stereocenters. The fraction of sp³-hybridized carbons (Fsp3) is 0.409. The number of nitrogens with zero attached hydrogens (tertiary/aromatic N) is 1. The molecule has 0 saturated heterocycles. The Morgan fingerprint density at radius 1 is 1.14 bits per heavy atom. The lowest BCUT2D eigenvalue weighted by Gasteiger charge is -2.21. The molecule has 0 unspecified atom stereocenters. The number of benzene rings is 1. The summed E-state index contributed by atoms with van der Waals surface area (Å²) in [4.78, 5) is 29.9. The van der Waals surface area contributed by atoms with Crippen molar-refractivity contribution in [3.05, 3.63) is 53.7 Å². The van der Waals surface area contributed by atoms with Crippen LogP contribution >= 0.6 is 11.8 Å². The van der Waals surface area contributed by atoms with Crippen LogP contribution in [0.15, 0.2) is 47.5 Å². The van der Waals surface area contributed by atoms with Crippen LogP contribution in [-0.4, -0.2) is 29.1 Å². The summed E-state index contributed by atoms with van der Waals surface area (Å²) >= 11 is 1.39. The van der Waals surface area contributed by atoms with Gasteiger partial charge in [-0.05, 0) is 55.5 Å². The first kappa shape index (κ1) is 20.4. The smallest absolute Gasteiger partial charge is 0.257 e. The lowest BCUT2D eigenvalue weighted by molar-refractivity contribution is -0.118. The van der Waals surface area contributed by atoms with Crippen molar-refractivity contribution < 1.29 is 9.59 Å². The Labute approximate surface area is 170 Å². The number of aromatic nitrogens is 1. The molecule has 1 heterocycles. The second kappa shape index (κ2) is 10.3. The maximum Gasteiger partial charge on any atom is 0.257 e. The van der Waals surface area contributed by atoms with Crippen molar-refractivity contribution in [2.75, 3.05) is 17.6 Å². The molecule has 1 aromatic carbocycles. The summed E-state index contributed by atoms with van der Waals surface area (Å²) in [5.74, 6) is 1.24. The van der Waals surface area contributed by atoms with Crippen LogP contribution in [0.3, 0.4) is 0 Å². The standard InChI is InChI=1S/C22H27N3O2S/c1-16-11-12-23-20(13-16)25-22(27)18-9-5-6-10-19(18)28-15-21(26)24-14-17-7-3-2-4-8-17/h5-6,9-13,17H,2-4,7-8,14-15H2,1H3,(H,24,26)(H,23,25,27). The number of pyridine rings is 1. The maximum atomic E-state index is 12.7. The van der Waals surface area contributed by atoms with Gasteiger partial charge in [0.15, 0.2) is 0 Å². The SMILES string of the molecule is Cc1ccnc(NC(=O)c2ccccc2SCC(=O)NCC2CCCCC2)c1. The van der Waals surface area contributed by atoms with Gasteiger partial charge in [-0.3, -0.25) is 9.59 Å². The minimum absolute atomic E-state index is 0.0196. The van der Waals surface area contributed by atoms with Crippen LogP contribution in [-0.2, 0) is 4.79 Å². The predicted octanol–water partition coefficient (Wildman–Crippen LogP) is 4.43. The second-order valence-corrected chi connectivity index (χ2v) is 8.28. The van der Waals surface area contributed by atoms with Gasteiger partial charge in [0.25, 0.3) is 5.91 Å². The molecule has 6 heteroatoms. The molecule has 1 aliphatic rings. The number of hydrogen-bond donors (Lipinski definition) is 2. The van der Waals surface area contributed by atoms with E-state index in [9.17, 15) is 9.59 Å². The van der Waals surface area contributed by atoms with Crippen LogP contribution < -0.4 is 10.6 Å². The molecule has 2 N–H and O–H groups in total. The summed E-state index contributed by atoms with van der Waals surface area (Å²) in [5, 5.41) is 5.88. The zero-order valence-corrected chi connectivity index (χ0v) is 17.1. The third-order valence-corrected chi connectivity index (χ3v) is 6.03. The first-order valence-electron chi connectivity index (χ1n) is 9.84. The molecule has 5 nitrogen and oxygen atoms in total. The van der Waals surface area contributed by atoms with E-state index in [0.29, 0.717) is 23.1 Å². The van der Waals surface area contributed by atoms with Gasteiger partial charge in [-0.25, -0.2) is 4.98 Å². The summed E-state index contributed by atoms with van der Waals surface area (Å²) in [6.07, 6.45) is 7.95. The van der Waals surface area contributed by atoms with E-state index in [4.69, 9.17) is 0 Å². The highest BCUT2D eigenvalue weighted by atomic mass is 32.2. The molecular formula is C22H27N3O2S. The number of rotatable bonds is 7. The molecule has 28 heavy (non-hydrogen) atoms. The zero-order chi connectivity index (χ0) is 19.8. The Morgan fingerprint density at radius 3 is 2.71 bits per heavy atom. The number of nitrogens with one attached hydrogen (secondary N) is 2. The molecule has 0 aliphatic heterocycles. The van der Waals surface area contributed by atoms with Crippen molar-refractivity contribution in [1.82, 2.24) is 10.3 Å². The predicted molar refractivity (Wildman–Crippen MR) is 114 cm³/mol. The van der Waals surface area contributed by atoms with Gasteiger partial charge >= 0.3 is 0 Å². The number of amides is 2. The molecule has 0 spiro atoms. The molecule has 0 radical (unpaired) electrons. The van der Waals surface area contributed by atoms with Crippen molar-refractivity contribution in [3.8, 4) is 0 Å². The van der Waals surface area contributed by atoms with Crippen molar-refractivity contribution in [2.45, 2.75) is 43.9 Å². The van der Waals surface area contributed by atoms with Gasteiger partial charge in [-0.2, -0.15) is 0 Å². The monoisotopic (exact) mass is 397 g/mol. The van der Waals surface area contributed by atoms with Crippen LogP contribution in [0, 0.1) is 12.8 Å². The topological polar surface area (TPSA) is 71.1 Å². The van der Waals surface area contributed by atoms with E-state index in [-0.39, 0.29) is 11.8 Å². The molecule has 2 aromatic rings. The van der Waals surface area contributed by atoms with E-state index in [0.717, 1.165) is 17.0 Å². The number of thioether (sulfide) groups is 1. The van der Waals surface area contributed by atoms with Crippen molar-refractivity contribution in [2.24, 2.45) is 5.92 Å². The molecule has 1 aliphatic carbocycles. The van der Waals surface area contributed by atoms with Crippen molar-refractivity contribution in [3.63, 3.8) is 0 Å². The van der Waals surface area contributed by atoms with Crippen LogP contribution in [0.25, 0.3) is 0 Å². The summed E-state index contributed by atoms with van der Waals surface area (Å²) in [5.41, 5.74) is 1.58. The number of carbonyl (C=O) groups is 2. The fourth-order valence-corrected chi connectivity index (χ4v) is 4.29. The normalized spacial score (nSPS) is 14.5. The first-order chi connectivity index (χ1) is 13.6. The average Bonchev–Trinajstić information content (AvgIpc) is 2.71. The Bertz CT molecular complexity index is 819. The van der Waals surface area contributed by atoms with E-state index in [1.807, 2.05) is 37.3 Å². The maximum absolute atomic E-state index is 12.7. The molecule has 148 valence electrons. The van der Waals surface area contributed by atoms with Crippen molar-refractivity contribution in [1.29, 1.82) is 0 Å². The van der Waals surface area contributed by atoms with E-state index in [2.05, 4.69) is 15.6 Å². The third kappa shape index (κ3) is 6.09. The van der Waals surface area contributed by atoms with E-state index < -0.39 is 0 Å². The van der Waals surface area contributed by atoms with E-state index in [1.54, 1.807) is 12.3 Å². The summed E-state index contributed by atoms with van der Waals surface area (Å²) in [7, 11) is 0. The lowest BCUT2D eigenvalue weighted by Crippen LogP contribution is -2.31. The molecule has 2 amide bonds. The Hall–Kier alpha value is -2.34. The number of aryl methyl sites for hydroxylation is 1. The van der Waals surface area contributed by atoms with Crippen LogP contribution in [0.2, 0.25) is 0 Å². The minimum atomic E-state index is -0.219. The van der Waals surface area contributed by atoms with Gasteiger partial charge < -0.3 is 10.6 Å². The van der Waals surface area contributed by atoms with Gasteiger partial charge in [-0.1, -0.05) is 31.4 Å². The quantitative estimate of drug-likeness (QED) is 0.678. The molecule has 1 saturated carbocycles. The highest BCUT2D eigenvalue weighted by molar-refractivity contribution is 8.00. The molecule has 3 rings (SSSR count). The zero-order valence-electron chi connectivity index (χ0n) is 16.2. The first-order valence-corrected chi connectivity index (χ1v) is 10.8. The fourth-order valence-electron chi connectivity index (χ4n) is 3.41. The van der Waals surface area contributed by atoms with Crippen LogP contribution in [0.1, 0.15) is 48.0 Å². The van der Waals surface area contributed by atoms with Crippen LogP contribution in [0.5, 0.6) is 0 Å². The molecular weight excluding hydrogens is 370 g/mol. The van der Waals surface area contributed by atoms with Gasteiger partial charge in [0.1, 0.15) is 5.82 Å². The molecule has 1 fully saturated rings. The third-order valence-electron chi connectivity index (χ3n) is 4.96. The molecule has 1 aromatic heterocycles. The summed E-state index contributed by atoms with van der Waals surface area (Å²) < 4.78 is 0. The summed E-state index contributed by atoms with van der Waals surface area (Å²) in [6.45, 7) is 2.72. The molecule has 0 bridgehead atoms. The minimum Gasteiger partial charge on any atom is -0.355 e. The average molecular weight is 398 g/mol.